The SMILES string of the molecule is CC[C@H](C)[C@H](NC(=O)CCC(=O)OCC(=O)[C@@]1(O)CC[C@H]2[C@@H]3CCC4=CC(=O)CC[C@]4(C)[C@H]3C(=O)C[C@@]21C)C(=O)O. The van der Waals surface area contributed by atoms with Gasteiger partial charge in [0.15, 0.2) is 12.4 Å². The van der Waals surface area contributed by atoms with Crippen LogP contribution in [-0.4, -0.2) is 63.7 Å². The summed E-state index contributed by atoms with van der Waals surface area (Å²) in [6, 6.07) is -1.07. The van der Waals surface area contributed by atoms with Crippen LogP contribution < -0.4 is 5.32 Å². The molecule has 0 saturated heterocycles. The van der Waals surface area contributed by atoms with Gasteiger partial charge in [0.05, 0.1) is 6.42 Å². The van der Waals surface area contributed by atoms with Gasteiger partial charge in [0.25, 0.3) is 0 Å². The monoisotopic (exact) mass is 573 g/mol. The standard InChI is InChI=1S/C31H43NO9/c1-5-17(2)27(28(38)39)32-24(36)8-9-25(37)41-16-23(35)31(40)13-11-21-20-7-6-18-14-19(33)10-12-29(18,3)26(20)22(34)15-30(21,31)4/h14,17,20-21,26-27,40H,5-13,15-16H2,1-4H3,(H,32,36)(H,38,39)/t17-,20-,21-,26+,27-,29-,30-,31-/m0/s1. The number of carboxylic acid groups (broad SMARTS) is 1. The number of fused-ring (bicyclic) bond motifs is 5. The van der Waals surface area contributed by atoms with Crippen LogP contribution in [0.2, 0.25) is 0 Å². The van der Waals surface area contributed by atoms with Gasteiger partial charge in [0.1, 0.15) is 17.4 Å². The maximum absolute atomic E-state index is 13.7. The number of ether oxygens (including phenoxy) is 1. The minimum atomic E-state index is -1.82. The first kappa shape index (κ1) is 31.1. The van der Waals surface area contributed by atoms with Crippen molar-refractivity contribution in [2.75, 3.05) is 6.61 Å². The number of Topliss-reactive ketones (excluding diaryl/α,β-unsaturated/α-hetero) is 2. The summed E-state index contributed by atoms with van der Waals surface area (Å²) in [7, 11) is 0. The minimum absolute atomic E-state index is 0.00421. The Kier molecular flexibility index (Phi) is 8.65. The van der Waals surface area contributed by atoms with E-state index < -0.39 is 47.3 Å². The third-order valence-corrected chi connectivity index (χ3v) is 11.0. The molecule has 4 rings (SSSR count). The van der Waals surface area contributed by atoms with E-state index in [0.29, 0.717) is 25.7 Å². The number of nitrogens with one attached hydrogen (secondary N) is 1. The maximum atomic E-state index is 13.7. The van der Waals surface area contributed by atoms with Crippen LogP contribution in [0.5, 0.6) is 0 Å². The van der Waals surface area contributed by atoms with Crippen LogP contribution in [0.15, 0.2) is 11.6 Å². The van der Waals surface area contributed by atoms with Gasteiger partial charge in [-0.15, -0.1) is 0 Å². The molecule has 4 aliphatic rings. The van der Waals surface area contributed by atoms with Gasteiger partial charge < -0.3 is 20.3 Å². The van der Waals surface area contributed by atoms with Crippen LogP contribution in [0.25, 0.3) is 0 Å². The number of carboxylic acids is 1. The van der Waals surface area contributed by atoms with Crippen LogP contribution in [0.4, 0.5) is 0 Å². The number of rotatable bonds is 10. The summed E-state index contributed by atoms with van der Waals surface area (Å²) in [6.07, 6.45) is 4.96. The van der Waals surface area contributed by atoms with Crippen LogP contribution in [0, 0.1) is 34.5 Å². The Morgan fingerprint density at radius 2 is 1.80 bits per heavy atom. The summed E-state index contributed by atoms with van der Waals surface area (Å²) in [5.74, 6) is -3.68. The highest BCUT2D eigenvalue weighted by Crippen LogP contribution is 2.66. The summed E-state index contributed by atoms with van der Waals surface area (Å²) in [6.45, 7) is 6.74. The topological polar surface area (TPSA) is 164 Å². The fourth-order valence-corrected chi connectivity index (χ4v) is 8.33. The normalized spacial score (nSPS) is 35.7. The molecule has 10 heteroatoms. The van der Waals surface area contributed by atoms with E-state index in [4.69, 9.17) is 4.74 Å². The van der Waals surface area contributed by atoms with Crippen molar-refractivity contribution in [3.63, 3.8) is 0 Å². The number of aliphatic carboxylic acids is 1. The van der Waals surface area contributed by atoms with E-state index in [1.54, 1.807) is 19.9 Å². The Balaban J connectivity index is 1.37. The highest BCUT2D eigenvalue weighted by atomic mass is 16.5. The number of aliphatic hydroxyl groups is 1. The van der Waals surface area contributed by atoms with Crippen molar-refractivity contribution < 1.29 is 43.7 Å². The molecule has 3 N–H and O–H groups in total. The predicted molar refractivity (Wildman–Crippen MR) is 146 cm³/mol. The predicted octanol–water partition coefficient (Wildman–Crippen LogP) is 2.94. The molecule has 0 spiro atoms. The largest absolute Gasteiger partial charge is 0.480 e. The van der Waals surface area contributed by atoms with E-state index in [1.165, 1.54) is 0 Å². The number of hydrogen-bond acceptors (Lipinski definition) is 8. The van der Waals surface area contributed by atoms with Crippen LogP contribution in [0.1, 0.15) is 91.9 Å². The van der Waals surface area contributed by atoms with Crippen molar-refractivity contribution in [3.8, 4) is 0 Å². The smallest absolute Gasteiger partial charge is 0.326 e. The first-order chi connectivity index (χ1) is 19.2. The molecule has 10 nitrogen and oxygen atoms in total. The average Bonchev–Trinajstić information content (AvgIpc) is 3.19. The van der Waals surface area contributed by atoms with Gasteiger partial charge in [0, 0.05) is 30.6 Å². The van der Waals surface area contributed by atoms with Gasteiger partial charge in [-0.2, -0.15) is 0 Å². The lowest BCUT2D eigenvalue weighted by atomic mass is 9.46. The number of allylic oxidation sites excluding steroid dienone is 1. The van der Waals surface area contributed by atoms with E-state index in [9.17, 15) is 39.0 Å². The molecule has 0 bridgehead atoms. The summed E-state index contributed by atoms with van der Waals surface area (Å²) in [4.78, 5) is 75.1. The summed E-state index contributed by atoms with van der Waals surface area (Å²) in [5.41, 5.74) is -2.13. The number of esters is 1. The lowest BCUT2D eigenvalue weighted by Gasteiger charge is -2.57. The van der Waals surface area contributed by atoms with E-state index in [2.05, 4.69) is 12.2 Å². The number of carbonyl (C=O) groups is 6. The van der Waals surface area contributed by atoms with E-state index in [0.717, 1.165) is 18.4 Å². The number of hydrogen-bond donors (Lipinski definition) is 3. The zero-order chi connectivity index (χ0) is 30.3. The lowest BCUT2D eigenvalue weighted by Crippen LogP contribution is -2.61. The molecule has 0 aromatic heterocycles. The van der Waals surface area contributed by atoms with Crippen LogP contribution >= 0.6 is 0 Å². The number of carbonyl (C=O) groups excluding carboxylic acids is 5. The molecule has 0 radical (unpaired) electrons. The summed E-state index contributed by atoms with van der Waals surface area (Å²) >= 11 is 0. The van der Waals surface area contributed by atoms with Gasteiger partial charge in [-0.3, -0.25) is 24.0 Å². The molecule has 0 heterocycles. The van der Waals surface area contributed by atoms with Gasteiger partial charge in [-0.05, 0) is 61.3 Å². The molecule has 0 aromatic carbocycles. The molecule has 3 fully saturated rings. The summed E-state index contributed by atoms with van der Waals surface area (Å²) < 4.78 is 5.14. The first-order valence-electron chi connectivity index (χ1n) is 14.9. The van der Waals surface area contributed by atoms with Crippen LogP contribution in [0.3, 0.4) is 0 Å². The molecule has 3 saturated carbocycles. The second-order valence-corrected chi connectivity index (χ2v) is 13.2. The number of ketones is 3. The Hall–Kier alpha value is -2.88. The fourth-order valence-electron chi connectivity index (χ4n) is 8.33. The third kappa shape index (κ3) is 5.40. The van der Waals surface area contributed by atoms with Crippen molar-refractivity contribution in [1.82, 2.24) is 5.32 Å². The third-order valence-electron chi connectivity index (χ3n) is 11.0. The molecule has 226 valence electrons. The molecule has 1 amide bonds. The Morgan fingerprint density at radius 1 is 1.10 bits per heavy atom. The molecule has 4 aliphatic carbocycles. The van der Waals surface area contributed by atoms with Crippen molar-refractivity contribution in [2.24, 2.45) is 34.5 Å². The highest BCUT2D eigenvalue weighted by molar-refractivity contribution is 5.95. The van der Waals surface area contributed by atoms with Gasteiger partial charge in [0.2, 0.25) is 11.7 Å². The van der Waals surface area contributed by atoms with Crippen LogP contribution in [-0.2, 0) is 33.5 Å². The van der Waals surface area contributed by atoms with Crippen molar-refractivity contribution in [1.29, 1.82) is 0 Å². The fraction of sp³-hybridized carbons (Fsp3) is 0.742. The quantitative estimate of drug-likeness (QED) is 0.333. The van der Waals surface area contributed by atoms with Gasteiger partial charge >= 0.3 is 11.9 Å². The molecule has 0 unspecified atom stereocenters. The van der Waals surface area contributed by atoms with E-state index in [1.807, 2.05) is 6.92 Å². The molecule has 0 aliphatic heterocycles. The second kappa shape index (κ2) is 11.4. The van der Waals surface area contributed by atoms with Crippen molar-refractivity contribution in [3.05, 3.63) is 11.6 Å². The Labute approximate surface area is 240 Å². The lowest BCUT2D eigenvalue weighted by molar-refractivity contribution is -0.173. The van der Waals surface area contributed by atoms with Crippen molar-refractivity contribution >= 4 is 35.2 Å². The van der Waals surface area contributed by atoms with E-state index in [-0.39, 0.29) is 66.3 Å². The highest BCUT2D eigenvalue weighted by Gasteiger charge is 2.68. The Morgan fingerprint density at radius 3 is 2.46 bits per heavy atom. The summed E-state index contributed by atoms with van der Waals surface area (Å²) in [5, 5.41) is 23.5. The average molecular weight is 574 g/mol. The van der Waals surface area contributed by atoms with E-state index >= 15 is 0 Å². The van der Waals surface area contributed by atoms with Gasteiger partial charge in [-0.25, -0.2) is 4.79 Å². The second-order valence-electron chi connectivity index (χ2n) is 13.2. The zero-order valence-corrected chi connectivity index (χ0v) is 24.5. The molecule has 0 aromatic rings. The molecule has 8 atom stereocenters. The molecule has 41 heavy (non-hydrogen) atoms. The van der Waals surface area contributed by atoms with Gasteiger partial charge in [-0.1, -0.05) is 39.7 Å². The number of amides is 1. The zero-order valence-electron chi connectivity index (χ0n) is 24.5. The first-order valence-corrected chi connectivity index (χ1v) is 14.9. The minimum Gasteiger partial charge on any atom is -0.480 e. The molecular formula is C31H43NO9. The van der Waals surface area contributed by atoms with Crippen molar-refractivity contribution in [2.45, 2.75) is 104 Å². The molecular weight excluding hydrogens is 530 g/mol. The maximum Gasteiger partial charge on any atom is 0.326 e. The Bertz CT molecular complexity index is 1180.